The molecule has 1 aliphatic heterocycles. The van der Waals surface area contributed by atoms with Gasteiger partial charge in [-0.2, -0.15) is 0 Å². The van der Waals surface area contributed by atoms with Crippen molar-refractivity contribution in [3.8, 4) is 11.1 Å². The van der Waals surface area contributed by atoms with Crippen molar-refractivity contribution in [3.63, 3.8) is 0 Å². The van der Waals surface area contributed by atoms with Crippen LogP contribution in [0.4, 0.5) is 0 Å². The van der Waals surface area contributed by atoms with Crippen LogP contribution in [0.2, 0.25) is 0 Å². The minimum absolute atomic E-state index is 0.329. The standard InChI is InChI=1S/C27H35O3P/c1-16-9-12-21(18-10-11-18)24(23(16)25(26(28)29-6)30-27(3,4)5)20-13-14-22-19(17(20)2)8-7-15-31-22/h9,12-14,18,25,31H,7-8,10-11,15H2,1-6H3/t25-/m0/s1. The molecule has 2 aromatic rings. The number of benzene rings is 2. The van der Waals surface area contributed by atoms with Gasteiger partial charge in [0.15, 0.2) is 6.10 Å². The van der Waals surface area contributed by atoms with Crippen LogP contribution in [-0.4, -0.2) is 24.8 Å². The highest BCUT2D eigenvalue weighted by molar-refractivity contribution is 7.47. The maximum Gasteiger partial charge on any atom is 0.339 e. The summed E-state index contributed by atoms with van der Waals surface area (Å²) in [6, 6.07) is 9.05. The van der Waals surface area contributed by atoms with Gasteiger partial charge in [-0.3, -0.25) is 0 Å². The fraction of sp³-hybridized carbons (Fsp3) is 0.519. The van der Waals surface area contributed by atoms with E-state index in [0.29, 0.717) is 5.92 Å². The van der Waals surface area contributed by atoms with Gasteiger partial charge in [-0.15, -0.1) is 0 Å². The molecule has 0 amide bonds. The Morgan fingerprint density at radius 1 is 1.13 bits per heavy atom. The first kappa shape index (κ1) is 22.5. The first-order valence-electron chi connectivity index (χ1n) is 11.5. The van der Waals surface area contributed by atoms with Crippen molar-refractivity contribution in [1.82, 2.24) is 0 Å². The van der Waals surface area contributed by atoms with E-state index in [1.54, 1.807) is 0 Å². The molecule has 1 unspecified atom stereocenters. The summed E-state index contributed by atoms with van der Waals surface area (Å²) >= 11 is 0. The maximum atomic E-state index is 13.0. The monoisotopic (exact) mass is 438 g/mol. The minimum Gasteiger partial charge on any atom is -0.467 e. The third kappa shape index (κ3) is 4.59. The molecule has 31 heavy (non-hydrogen) atoms. The molecule has 0 bridgehead atoms. The Balaban J connectivity index is 1.97. The normalized spacial score (nSPS) is 18.0. The molecular formula is C27H35O3P. The third-order valence-corrected chi connectivity index (χ3v) is 7.90. The highest BCUT2D eigenvalue weighted by Crippen LogP contribution is 2.49. The van der Waals surface area contributed by atoms with Crippen LogP contribution >= 0.6 is 8.58 Å². The molecule has 1 fully saturated rings. The second kappa shape index (κ2) is 8.68. The van der Waals surface area contributed by atoms with Crippen LogP contribution in [0, 0.1) is 13.8 Å². The molecule has 1 saturated carbocycles. The summed E-state index contributed by atoms with van der Waals surface area (Å²) in [5.41, 5.74) is 8.30. The Morgan fingerprint density at radius 2 is 1.87 bits per heavy atom. The van der Waals surface area contributed by atoms with Gasteiger partial charge in [0.2, 0.25) is 0 Å². The largest absolute Gasteiger partial charge is 0.467 e. The van der Waals surface area contributed by atoms with Gasteiger partial charge in [0.1, 0.15) is 0 Å². The number of carbonyl (C=O) groups is 1. The number of hydrogen-bond donors (Lipinski definition) is 0. The summed E-state index contributed by atoms with van der Waals surface area (Å²) in [6.45, 7) is 10.3. The predicted octanol–water partition coefficient (Wildman–Crippen LogP) is 6.13. The van der Waals surface area contributed by atoms with Crippen molar-refractivity contribution in [2.24, 2.45) is 0 Å². The Labute approximate surface area is 188 Å². The van der Waals surface area contributed by atoms with E-state index >= 15 is 0 Å². The van der Waals surface area contributed by atoms with Crippen LogP contribution in [-0.2, 0) is 20.7 Å². The lowest BCUT2D eigenvalue weighted by molar-refractivity contribution is -0.164. The van der Waals surface area contributed by atoms with Crippen LogP contribution in [0.5, 0.6) is 0 Å². The van der Waals surface area contributed by atoms with E-state index in [4.69, 9.17) is 9.47 Å². The van der Waals surface area contributed by atoms with E-state index in [1.165, 1.54) is 65.7 Å². The van der Waals surface area contributed by atoms with Gasteiger partial charge in [-0.1, -0.05) is 32.8 Å². The molecule has 2 atom stereocenters. The lowest BCUT2D eigenvalue weighted by Gasteiger charge is -2.30. The lowest BCUT2D eigenvalue weighted by Crippen LogP contribution is -2.29. The second-order valence-corrected chi connectivity index (χ2v) is 11.4. The fourth-order valence-electron chi connectivity index (χ4n) is 4.80. The molecule has 3 nitrogen and oxygen atoms in total. The highest BCUT2D eigenvalue weighted by atomic mass is 31.1. The quantitative estimate of drug-likeness (QED) is 0.416. The molecule has 4 rings (SSSR count). The van der Waals surface area contributed by atoms with Crippen molar-refractivity contribution >= 4 is 19.9 Å². The Morgan fingerprint density at radius 3 is 2.52 bits per heavy atom. The summed E-state index contributed by atoms with van der Waals surface area (Å²) < 4.78 is 11.6. The van der Waals surface area contributed by atoms with E-state index in [2.05, 4.69) is 38.1 Å². The Bertz CT molecular complexity index is 999. The molecule has 1 aliphatic carbocycles. The summed E-state index contributed by atoms with van der Waals surface area (Å²) in [4.78, 5) is 13.0. The zero-order chi connectivity index (χ0) is 22.3. The number of rotatable bonds is 5. The summed E-state index contributed by atoms with van der Waals surface area (Å²) in [7, 11) is 2.36. The summed E-state index contributed by atoms with van der Waals surface area (Å²) in [6.07, 6.45) is 5.41. The zero-order valence-corrected chi connectivity index (χ0v) is 20.7. The Hall–Kier alpha value is -1.70. The summed E-state index contributed by atoms with van der Waals surface area (Å²) in [5, 5.41) is 1.52. The number of hydrogen-bond acceptors (Lipinski definition) is 3. The van der Waals surface area contributed by atoms with Gasteiger partial charge in [0.05, 0.1) is 12.7 Å². The number of esters is 1. The average Bonchev–Trinajstić information content (AvgIpc) is 3.57. The molecule has 1 heterocycles. The fourth-order valence-corrected chi connectivity index (χ4v) is 6.15. The first-order chi connectivity index (χ1) is 14.7. The van der Waals surface area contributed by atoms with Crippen LogP contribution in [0.3, 0.4) is 0 Å². The van der Waals surface area contributed by atoms with Crippen LogP contribution in [0.25, 0.3) is 11.1 Å². The van der Waals surface area contributed by atoms with Gasteiger partial charge in [0.25, 0.3) is 0 Å². The van der Waals surface area contributed by atoms with Gasteiger partial charge >= 0.3 is 5.97 Å². The maximum absolute atomic E-state index is 13.0. The number of fused-ring (bicyclic) bond motifs is 1. The van der Waals surface area contributed by atoms with Crippen molar-refractivity contribution in [2.75, 3.05) is 13.3 Å². The molecule has 166 valence electrons. The number of methoxy groups -OCH3 is 1. The predicted molar refractivity (Wildman–Crippen MR) is 130 cm³/mol. The number of carbonyl (C=O) groups excluding carboxylic acids is 1. The molecule has 2 aliphatic rings. The lowest BCUT2D eigenvalue weighted by atomic mass is 9.83. The molecule has 0 saturated heterocycles. The van der Waals surface area contributed by atoms with Crippen molar-refractivity contribution < 1.29 is 14.3 Å². The van der Waals surface area contributed by atoms with Crippen molar-refractivity contribution in [2.45, 2.75) is 77.9 Å². The molecule has 0 radical (unpaired) electrons. The van der Waals surface area contributed by atoms with Crippen molar-refractivity contribution in [1.29, 1.82) is 0 Å². The highest BCUT2D eigenvalue weighted by Gasteiger charge is 2.36. The van der Waals surface area contributed by atoms with E-state index in [9.17, 15) is 4.79 Å². The van der Waals surface area contributed by atoms with Crippen LogP contribution in [0.1, 0.15) is 79.9 Å². The molecule has 0 spiro atoms. The van der Waals surface area contributed by atoms with E-state index in [1.807, 2.05) is 20.8 Å². The van der Waals surface area contributed by atoms with E-state index in [0.717, 1.165) is 26.1 Å². The molecule has 2 aromatic carbocycles. The molecule has 4 heteroatoms. The SMILES string of the molecule is COC(=O)[C@@H](OC(C)(C)C)c1c(C)ccc(C2CC2)c1-c1ccc2c(c1C)CCCP2. The average molecular weight is 439 g/mol. The smallest absolute Gasteiger partial charge is 0.339 e. The number of aryl methyl sites for hydroxylation is 1. The molecule has 0 aromatic heterocycles. The van der Waals surface area contributed by atoms with Gasteiger partial charge in [-0.05, 0) is 111 Å². The summed E-state index contributed by atoms with van der Waals surface area (Å²) in [5.74, 6) is 0.240. The minimum atomic E-state index is -0.740. The van der Waals surface area contributed by atoms with E-state index < -0.39 is 11.7 Å². The van der Waals surface area contributed by atoms with Gasteiger partial charge < -0.3 is 9.47 Å². The third-order valence-electron chi connectivity index (χ3n) is 6.45. The number of ether oxygens (including phenoxy) is 2. The first-order valence-corrected chi connectivity index (χ1v) is 12.7. The van der Waals surface area contributed by atoms with Gasteiger partial charge in [-0.25, -0.2) is 4.79 Å². The topological polar surface area (TPSA) is 35.5 Å². The molecule has 0 N–H and O–H groups in total. The molecular weight excluding hydrogens is 403 g/mol. The Kier molecular flexibility index (Phi) is 6.30. The van der Waals surface area contributed by atoms with Crippen LogP contribution < -0.4 is 5.30 Å². The van der Waals surface area contributed by atoms with Crippen molar-refractivity contribution in [3.05, 3.63) is 52.1 Å². The zero-order valence-electron chi connectivity index (χ0n) is 19.7. The second-order valence-electron chi connectivity index (χ2n) is 9.96. The van der Waals surface area contributed by atoms with E-state index in [-0.39, 0.29) is 5.97 Å². The van der Waals surface area contributed by atoms with Crippen LogP contribution in [0.15, 0.2) is 24.3 Å². The van der Waals surface area contributed by atoms with Gasteiger partial charge in [0, 0.05) is 5.56 Å².